The number of phenolic OH excluding ortho intramolecular Hbond substituents is 1. The van der Waals surface area contributed by atoms with E-state index in [4.69, 9.17) is 5.90 Å². The minimum absolute atomic E-state index is 0.350. The summed E-state index contributed by atoms with van der Waals surface area (Å²) < 4.78 is 0. The number of rotatable bonds is 3. The lowest BCUT2D eigenvalue weighted by Gasteiger charge is -2.07. The normalized spacial score (nSPS) is 10.4. The van der Waals surface area contributed by atoms with E-state index in [0.717, 1.165) is 16.7 Å². The molecule has 0 radical (unpaired) electrons. The molecule has 0 aliphatic carbocycles. The van der Waals surface area contributed by atoms with Gasteiger partial charge in [0.05, 0.1) is 6.61 Å². The van der Waals surface area contributed by atoms with Crippen molar-refractivity contribution >= 4 is 0 Å². The number of phenols is 1. The van der Waals surface area contributed by atoms with Gasteiger partial charge in [-0.05, 0) is 25.0 Å². The number of nitrogens with two attached hydrogens (primary N) is 1. The lowest BCUT2D eigenvalue weighted by molar-refractivity contribution is 0.140. The maximum atomic E-state index is 9.65. The van der Waals surface area contributed by atoms with Crippen LogP contribution in [0.4, 0.5) is 0 Å². The van der Waals surface area contributed by atoms with Crippen molar-refractivity contribution in [2.45, 2.75) is 20.3 Å². The van der Waals surface area contributed by atoms with Crippen molar-refractivity contribution in [3.05, 3.63) is 28.8 Å². The molecule has 0 bridgehead atoms. The van der Waals surface area contributed by atoms with Crippen LogP contribution in [0, 0.1) is 13.8 Å². The van der Waals surface area contributed by atoms with Crippen molar-refractivity contribution < 1.29 is 9.94 Å². The van der Waals surface area contributed by atoms with Gasteiger partial charge in [-0.1, -0.05) is 17.7 Å². The molecule has 0 amide bonds. The molecule has 0 aromatic heterocycles. The summed E-state index contributed by atoms with van der Waals surface area (Å²) in [6.07, 6.45) is 0.644. The smallest absolute Gasteiger partial charge is 0.121 e. The van der Waals surface area contributed by atoms with Crippen LogP contribution in [0.15, 0.2) is 12.1 Å². The third-order valence-corrected chi connectivity index (χ3v) is 2.01. The first kappa shape index (κ1) is 10.0. The Kier molecular flexibility index (Phi) is 3.28. The molecule has 3 heteroatoms. The van der Waals surface area contributed by atoms with E-state index in [-0.39, 0.29) is 0 Å². The van der Waals surface area contributed by atoms with Crippen molar-refractivity contribution in [3.63, 3.8) is 0 Å². The molecular weight excluding hydrogens is 166 g/mol. The van der Waals surface area contributed by atoms with Gasteiger partial charge in [-0.15, -0.1) is 0 Å². The van der Waals surface area contributed by atoms with E-state index >= 15 is 0 Å². The summed E-state index contributed by atoms with van der Waals surface area (Å²) in [7, 11) is 0. The van der Waals surface area contributed by atoms with Crippen molar-refractivity contribution in [3.8, 4) is 5.75 Å². The van der Waals surface area contributed by atoms with Crippen LogP contribution in [0.2, 0.25) is 0 Å². The molecular formula is C10H15NO2. The molecule has 0 saturated carbocycles. The summed E-state index contributed by atoms with van der Waals surface area (Å²) >= 11 is 0. The molecule has 0 aliphatic rings. The van der Waals surface area contributed by atoms with Gasteiger partial charge in [-0.25, -0.2) is 5.90 Å². The van der Waals surface area contributed by atoms with Crippen LogP contribution < -0.4 is 5.90 Å². The Labute approximate surface area is 78.1 Å². The highest BCUT2D eigenvalue weighted by Gasteiger charge is 2.04. The molecule has 72 valence electrons. The summed E-state index contributed by atoms with van der Waals surface area (Å²) in [5.41, 5.74) is 2.93. The van der Waals surface area contributed by atoms with Crippen molar-refractivity contribution in [1.29, 1.82) is 0 Å². The summed E-state index contributed by atoms with van der Waals surface area (Å²) in [6.45, 7) is 4.31. The molecule has 1 aromatic carbocycles. The summed E-state index contributed by atoms with van der Waals surface area (Å²) in [6, 6.07) is 3.89. The second-order valence-corrected chi connectivity index (χ2v) is 3.21. The largest absolute Gasteiger partial charge is 0.507 e. The molecule has 1 aromatic rings. The maximum Gasteiger partial charge on any atom is 0.121 e. The van der Waals surface area contributed by atoms with Crippen LogP contribution in [0.25, 0.3) is 0 Å². The summed E-state index contributed by atoms with van der Waals surface area (Å²) in [4.78, 5) is 4.47. The average molecular weight is 181 g/mol. The van der Waals surface area contributed by atoms with Gasteiger partial charge in [-0.2, -0.15) is 0 Å². The number of benzene rings is 1. The topological polar surface area (TPSA) is 55.5 Å². The zero-order valence-electron chi connectivity index (χ0n) is 8.00. The van der Waals surface area contributed by atoms with Crippen molar-refractivity contribution in [1.82, 2.24) is 0 Å². The first-order valence-electron chi connectivity index (χ1n) is 4.26. The highest BCUT2D eigenvalue weighted by atomic mass is 16.6. The fourth-order valence-corrected chi connectivity index (χ4v) is 1.41. The van der Waals surface area contributed by atoms with Gasteiger partial charge in [-0.3, -0.25) is 0 Å². The first-order chi connectivity index (χ1) is 6.15. The van der Waals surface area contributed by atoms with Crippen LogP contribution >= 0.6 is 0 Å². The van der Waals surface area contributed by atoms with Gasteiger partial charge < -0.3 is 9.94 Å². The van der Waals surface area contributed by atoms with Crippen LogP contribution in [-0.4, -0.2) is 11.7 Å². The Morgan fingerprint density at radius 1 is 1.38 bits per heavy atom. The zero-order chi connectivity index (χ0) is 9.84. The molecule has 0 heterocycles. The van der Waals surface area contributed by atoms with Gasteiger partial charge in [0.2, 0.25) is 0 Å². The van der Waals surface area contributed by atoms with Crippen LogP contribution in [-0.2, 0) is 11.3 Å². The average Bonchev–Trinajstić information content (AvgIpc) is 2.09. The predicted octanol–water partition coefficient (Wildman–Crippen LogP) is 1.44. The number of hydrogen-bond acceptors (Lipinski definition) is 3. The Balaban J connectivity index is 2.92. The van der Waals surface area contributed by atoms with Gasteiger partial charge >= 0.3 is 0 Å². The first-order valence-corrected chi connectivity index (χ1v) is 4.26. The molecule has 0 unspecified atom stereocenters. The third-order valence-electron chi connectivity index (χ3n) is 2.01. The number of aromatic hydroxyl groups is 1. The number of hydrogen-bond donors (Lipinski definition) is 2. The fourth-order valence-electron chi connectivity index (χ4n) is 1.41. The standard InChI is InChI=1S/C10H15NO2/c1-7-5-8(2)10(12)9(6-7)3-4-13-11/h5-6,12H,3-4,11H2,1-2H3. The fraction of sp³-hybridized carbons (Fsp3) is 0.400. The highest BCUT2D eigenvalue weighted by molar-refractivity contribution is 5.42. The summed E-state index contributed by atoms with van der Waals surface area (Å²) in [5.74, 6) is 5.27. The second kappa shape index (κ2) is 4.25. The molecule has 0 saturated heterocycles. The van der Waals surface area contributed by atoms with Gasteiger partial charge in [0.25, 0.3) is 0 Å². The monoisotopic (exact) mass is 181 g/mol. The molecule has 3 N–H and O–H groups in total. The Bertz CT molecular complexity index is 297. The van der Waals surface area contributed by atoms with Crippen LogP contribution in [0.3, 0.4) is 0 Å². The zero-order valence-corrected chi connectivity index (χ0v) is 8.00. The Morgan fingerprint density at radius 3 is 2.69 bits per heavy atom. The maximum absolute atomic E-state index is 9.65. The highest BCUT2D eigenvalue weighted by Crippen LogP contribution is 2.23. The molecule has 3 nitrogen and oxygen atoms in total. The Morgan fingerprint density at radius 2 is 2.08 bits per heavy atom. The quantitative estimate of drug-likeness (QED) is 0.694. The van der Waals surface area contributed by atoms with Gasteiger partial charge in [0, 0.05) is 6.42 Å². The third kappa shape index (κ3) is 2.44. The lowest BCUT2D eigenvalue weighted by atomic mass is 10.0. The van der Waals surface area contributed by atoms with E-state index in [9.17, 15) is 5.11 Å². The van der Waals surface area contributed by atoms with Crippen molar-refractivity contribution in [2.24, 2.45) is 5.90 Å². The van der Waals surface area contributed by atoms with E-state index in [1.54, 1.807) is 0 Å². The van der Waals surface area contributed by atoms with E-state index in [0.29, 0.717) is 18.8 Å². The van der Waals surface area contributed by atoms with E-state index in [1.165, 1.54) is 0 Å². The van der Waals surface area contributed by atoms with E-state index in [2.05, 4.69) is 4.84 Å². The molecule has 13 heavy (non-hydrogen) atoms. The van der Waals surface area contributed by atoms with Gasteiger partial charge in [0.15, 0.2) is 0 Å². The molecule has 1 rings (SSSR count). The van der Waals surface area contributed by atoms with Crippen LogP contribution in [0.1, 0.15) is 16.7 Å². The minimum atomic E-state index is 0.350. The summed E-state index contributed by atoms with van der Waals surface area (Å²) in [5, 5.41) is 9.65. The van der Waals surface area contributed by atoms with E-state index < -0.39 is 0 Å². The van der Waals surface area contributed by atoms with Crippen molar-refractivity contribution in [2.75, 3.05) is 6.61 Å². The van der Waals surface area contributed by atoms with Gasteiger partial charge in [0.1, 0.15) is 5.75 Å². The predicted molar refractivity (Wildman–Crippen MR) is 51.4 cm³/mol. The SMILES string of the molecule is Cc1cc(C)c(O)c(CCON)c1. The van der Waals surface area contributed by atoms with E-state index in [1.807, 2.05) is 26.0 Å². The minimum Gasteiger partial charge on any atom is -0.507 e. The molecule has 0 fully saturated rings. The van der Waals surface area contributed by atoms with Crippen LogP contribution in [0.5, 0.6) is 5.75 Å². The molecule has 0 atom stereocenters. The molecule has 0 spiro atoms. The second-order valence-electron chi connectivity index (χ2n) is 3.21. The number of aryl methyl sites for hydroxylation is 2. The molecule has 0 aliphatic heterocycles. The lowest BCUT2D eigenvalue weighted by Crippen LogP contribution is -2.04. The Hall–Kier alpha value is -1.06.